The molecule has 1 aromatic carbocycles. The van der Waals surface area contributed by atoms with Crippen LogP contribution in [0.3, 0.4) is 0 Å². The smallest absolute Gasteiger partial charge is 0.311 e. The molecule has 3 heteroatoms. The molecule has 2 aromatic rings. The second-order valence-corrected chi connectivity index (χ2v) is 5.46. The third-order valence-corrected chi connectivity index (χ3v) is 3.29. The number of nitrogens with zero attached hydrogens (tertiary/aromatic N) is 1. The third kappa shape index (κ3) is 3.23. The van der Waals surface area contributed by atoms with E-state index in [1.54, 1.807) is 0 Å². The normalized spacial score (nSPS) is 11.2. The predicted octanol–water partition coefficient (Wildman–Crippen LogP) is 3.49. The van der Waals surface area contributed by atoms with Crippen LogP contribution in [0.1, 0.15) is 19.5 Å². The van der Waals surface area contributed by atoms with Crippen molar-refractivity contribution in [2.45, 2.75) is 20.3 Å². The maximum atomic E-state index is 11.7. The molecule has 1 aromatic heterocycles. The number of aromatic nitrogens is 1. The number of benzene rings is 1. The van der Waals surface area contributed by atoms with E-state index in [1.165, 1.54) is 7.11 Å². The molecule has 20 heavy (non-hydrogen) atoms. The summed E-state index contributed by atoms with van der Waals surface area (Å²) in [5.74, 6) is -0.216. The van der Waals surface area contributed by atoms with E-state index in [2.05, 4.69) is 17.1 Å². The molecule has 0 saturated carbocycles. The zero-order valence-electron chi connectivity index (χ0n) is 12.1. The van der Waals surface area contributed by atoms with Crippen molar-refractivity contribution >= 4 is 5.97 Å². The molecule has 0 bridgehead atoms. The highest BCUT2D eigenvalue weighted by molar-refractivity contribution is 5.76. The molecule has 0 radical (unpaired) electrons. The number of pyridine rings is 1. The van der Waals surface area contributed by atoms with Gasteiger partial charge in [0.1, 0.15) is 0 Å². The standard InChI is InChI=1S/C17H19NO2/c1-17(2,16(19)20-3)11-15-10-9-14(12-18-15)13-7-5-4-6-8-13/h4-10,12H,11H2,1-3H3. The highest BCUT2D eigenvalue weighted by atomic mass is 16.5. The fourth-order valence-corrected chi connectivity index (χ4v) is 2.13. The summed E-state index contributed by atoms with van der Waals surface area (Å²) in [7, 11) is 1.41. The molecule has 0 aliphatic heterocycles. The van der Waals surface area contributed by atoms with E-state index in [9.17, 15) is 4.79 Å². The van der Waals surface area contributed by atoms with Crippen LogP contribution < -0.4 is 0 Å². The van der Waals surface area contributed by atoms with Crippen LogP contribution in [0.15, 0.2) is 48.7 Å². The van der Waals surface area contributed by atoms with E-state index >= 15 is 0 Å². The van der Waals surface area contributed by atoms with Gasteiger partial charge in [-0.15, -0.1) is 0 Å². The minimum absolute atomic E-state index is 0.216. The average Bonchev–Trinajstić information content (AvgIpc) is 2.47. The molecule has 0 atom stereocenters. The fourth-order valence-electron chi connectivity index (χ4n) is 2.13. The Balaban J connectivity index is 2.15. The van der Waals surface area contributed by atoms with E-state index in [-0.39, 0.29) is 5.97 Å². The zero-order valence-corrected chi connectivity index (χ0v) is 12.1. The van der Waals surface area contributed by atoms with Crippen molar-refractivity contribution in [3.8, 4) is 11.1 Å². The number of methoxy groups -OCH3 is 1. The maximum absolute atomic E-state index is 11.7. The molecule has 0 saturated heterocycles. The fraction of sp³-hybridized carbons (Fsp3) is 0.294. The van der Waals surface area contributed by atoms with Crippen molar-refractivity contribution in [1.82, 2.24) is 4.98 Å². The van der Waals surface area contributed by atoms with Crippen molar-refractivity contribution in [2.75, 3.05) is 7.11 Å². The average molecular weight is 269 g/mol. The van der Waals surface area contributed by atoms with Gasteiger partial charge in [-0.2, -0.15) is 0 Å². The first-order valence-electron chi connectivity index (χ1n) is 6.62. The minimum atomic E-state index is -0.560. The Hall–Kier alpha value is -2.16. The van der Waals surface area contributed by atoms with E-state index in [1.807, 2.05) is 50.4 Å². The first kappa shape index (κ1) is 14.3. The van der Waals surface area contributed by atoms with E-state index in [4.69, 9.17) is 4.74 Å². The molecular formula is C17H19NO2. The highest BCUT2D eigenvalue weighted by Crippen LogP contribution is 2.24. The molecule has 0 unspecified atom stereocenters. The number of hydrogen-bond acceptors (Lipinski definition) is 3. The van der Waals surface area contributed by atoms with Gasteiger partial charge in [-0.25, -0.2) is 0 Å². The summed E-state index contributed by atoms with van der Waals surface area (Å²) >= 11 is 0. The molecule has 0 N–H and O–H groups in total. The van der Waals surface area contributed by atoms with E-state index in [0.717, 1.165) is 16.8 Å². The lowest BCUT2D eigenvalue weighted by Gasteiger charge is -2.20. The molecule has 2 rings (SSSR count). The second kappa shape index (κ2) is 5.87. The molecule has 3 nitrogen and oxygen atoms in total. The van der Waals surface area contributed by atoms with Crippen molar-refractivity contribution in [3.63, 3.8) is 0 Å². The molecule has 1 heterocycles. The summed E-state index contributed by atoms with van der Waals surface area (Å²) in [6.45, 7) is 3.73. The Morgan fingerprint density at radius 3 is 2.35 bits per heavy atom. The number of carbonyl (C=O) groups excluding carboxylic acids is 1. The van der Waals surface area contributed by atoms with Gasteiger partial charge < -0.3 is 4.74 Å². The Morgan fingerprint density at radius 1 is 1.10 bits per heavy atom. The van der Waals surface area contributed by atoms with Crippen LogP contribution in [0.25, 0.3) is 11.1 Å². The van der Waals surface area contributed by atoms with Crippen molar-refractivity contribution in [1.29, 1.82) is 0 Å². The molecule has 104 valence electrons. The summed E-state index contributed by atoms with van der Waals surface area (Å²) in [6, 6.07) is 14.1. The van der Waals surface area contributed by atoms with Crippen LogP contribution in [-0.4, -0.2) is 18.1 Å². The van der Waals surface area contributed by atoms with Crippen molar-refractivity contribution in [2.24, 2.45) is 5.41 Å². The summed E-state index contributed by atoms with van der Waals surface area (Å²) in [5, 5.41) is 0. The number of rotatable bonds is 4. The topological polar surface area (TPSA) is 39.2 Å². The largest absolute Gasteiger partial charge is 0.469 e. The zero-order chi connectivity index (χ0) is 14.6. The Labute approximate surface area is 119 Å². The van der Waals surface area contributed by atoms with Gasteiger partial charge in [0.25, 0.3) is 0 Å². The van der Waals surface area contributed by atoms with Gasteiger partial charge in [-0.05, 0) is 25.5 Å². The van der Waals surface area contributed by atoms with E-state index in [0.29, 0.717) is 6.42 Å². The van der Waals surface area contributed by atoms with Crippen molar-refractivity contribution < 1.29 is 9.53 Å². The number of carbonyl (C=O) groups is 1. The number of hydrogen-bond donors (Lipinski definition) is 0. The summed E-state index contributed by atoms with van der Waals surface area (Å²) in [5.41, 5.74) is 2.54. The number of ether oxygens (including phenoxy) is 1. The molecular weight excluding hydrogens is 250 g/mol. The van der Waals surface area contributed by atoms with Crippen LogP contribution in [0.5, 0.6) is 0 Å². The number of esters is 1. The molecule has 0 fully saturated rings. The highest BCUT2D eigenvalue weighted by Gasteiger charge is 2.29. The molecule has 0 aliphatic rings. The van der Waals surface area contributed by atoms with E-state index < -0.39 is 5.41 Å². The monoisotopic (exact) mass is 269 g/mol. The first-order chi connectivity index (χ1) is 9.53. The summed E-state index contributed by atoms with van der Waals surface area (Å²) < 4.78 is 4.81. The van der Waals surface area contributed by atoms with Gasteiger partial charge in [0.05, 0.1) is 12.5 Å². The second-order valence-electron chi connectivity index (χ2n) is 5.46. The van der Waals surface area contributed by atoms with Gasteiger partial charge >= 0.3 is 5.97 Å². The van der Waals surface area contributed by atoms with Crippen molar-refractivity contribution in [3.05, 3.63) is 54.4 Å². The van der Waals surface area contributed by atoms with Gasteiger partial charge in [0, 0.05) is 23.9 Å². The quantitative estimate of drug-likeness (QED) is 0.798. The Morgan fingerprint density at radius 2 is 1.80 bits per heavy atom. The van der Waals surface area contributed by atoms with Gasteiger partial charge in [-0.1, -0.05) is 36.4 Å². The minimum Gasteiger partial charge on any atom is -0.469 e. The van der Waals surface area contributed by atoms with Crippen LogP contribution in [0.4, 0.5) is 0 Å². The molecule has 0 aliphatic carbocycles. The third-order valence-electron chi connectivity index (χ3n) is 3.29. The lowest BCUT2D eigenvalue weighted by atomic mass is 9.87. The summed E-state index contributed by atoms with van der Waals surface area (Å²) in [6.07, 6.45) is 2.41. The predicted molar refractivity (Wildman–Crippen MR) is 79.2 cm³/mol. The van der Waals surface area contributed by atoms with Gasteiger partial charge in [0.15, 0.2) is 0 Å². The van der Waals surface area contributed by atoms with Gasteiger partial charge in [-0.3, -0.25) is 9.78 Å². The first-order valence-corrected chi connectivity index (χ1v) is 6.62. The molecule has 0 spiro atoms. The Bertz CT molecular complexity index is 574. The molecule has 0 amide bonds. The van der Waals surface area contributed by atoms with Crippen LogP contribution >= 0.6 is 0 Å². The maximum Gasteiger partial charge on any atom is 0.311 e. The van der Waals surface area contributed by atoms with Crippen LogP contribution in [-0.2, 0) is 16.0 Å². The lowest BCUT2D eigenvalue weighted by molar-refractivity contribution is -0.150. The SMILES string of the molecule is COC(=O)C(C)(C)Cc1ccc(-c2ccccc2)cn1. The van der Waals surface area contributed by atoms with Crippen LogP contribution in [0.2, 0.25) is 0 Å². The van der Waals surface area contributed by atoms with Gasteiger partial charge in [0.2, 0.25) is 0 Å². The Kier molecular flexibility index (Phi) is 4.18. The lowest BCUT2D eigenvalue weighted by Crippen LogP contribution is -2.28. The van der Waals surface area contributed by atoms with Crippen LogP contribution in [0, 0.1) is 5.41 Å². The summed E-state index contributed by atoms with van der Waals surface area (Å²) in [4.78, 5) is 16.1.